The molecule has 15 heavy (non-hydrogen) atoms. The number of urea groups is 1. The van der Waals surface area contributed by atoms with E-state index in [1.54, 1.807) is 4.90 Å². The Kier molecular flexibility index (Phi) is 2.44. The van der Waals surface area contributed by atoms with Crippen LogP contribution < -0.4 is 0 Å². The van der Waals surface area contributed by atoms with Gasteiger partial charge in [-0.15, -0.1) is 0 Å². The Morgan fingerprint density at radius 2 is 2.00 bits per heavy atom. The summed E-state index contributed by atoms with van der Waals surface area (Å²) in [5.74, 6) is 0.307. The number of carbonyl (C=O) groups is 2. The van der Waals surface area contributed by atoms with Crippen LogP contribution in [0, 0.1) is 5.92 Å². The van der Waals surface area contributed by atoms with Crippen molar-refractivity contribution in [3.05, 3.63) is 0 Å². The summed E-state index contributed by atoms with van der Waals surface area (Å²) < 4.78 is 0. The molecule has 2 saturated heterocycles. The molecule has 2 atom stereocenters. The maximum atomic E-state index is 12.1. The van der Waals surface area contributed by atoms with Crippen molar-refractivity contribution in [2.24, 2.45) is 5.92 Å². The average Bonchev–Trinajstić information content (AvgIpc) is 2.40. The minimum absolute atomic E-state index is 0.00204. The number of imide groups is 1. The van der Waals surface area contributed by atoms with Crippen LogP contribution in [0.15, 0.2) is 0 Å². The molecule has 84 valence electrons. The van der Waals surface area contributed by atoms with Crippen LogP contribution in [0.25, 0.3) is 0 Å². The van der Waals surface area contributed by atoms with Crippen LogP contribution in [0.2, 0.25) is 0 Å². The molecule has 0 saturated carbocycles. The number of hydrogen-bond donors (Lipinski definition) is 0. The number of fused-ring (bicyclic) bond motifs is 1. The fraction of sp³-hybridized carbons (Fsp3) is 0.818. The van der Waals surface area contributed by atoms with Crippen molar-refractivity contribution in [1.29, 1.82) is 0 Å². The lowest BCUT2D eigenvalue weighted by Gasteiger charge is -2.31. The predicted octanol–water partition coefficient (Wildman–Crippen LogP) is 1.46. The van der Waals surface area contributed by atoms with Gasteiger partial charge < -0.3 is 4.90 Å². The van der Waals surface area contributed by atoms with Gasteiger partial charge in [-0.2, -0.15) is 0 Å². The van der Waals surface area contributed by atoms with Crippen LogP contribution >= 0.6 is 0 Å². The smallest absolute Gasteiger partial charge is 0.312 e. The molecule has 0 aliphatic carbocycles. The molecule has 0 aromatic rings. The number of carbonyl (C=O) groups excluding carboxylic acids is 2. The SMILES string of the molecule is CC1CCCN2C(=O)N(C(C)C)C(=O)C12. The van der Waals surface area contributed by atoms with E-state index in [4.69, 9.17) is 0 Å². The molecule has 0 radical (unpaired) electrons. The summed E-state index contributed by atoms with van der Waals surface area (Å²) in [7, 11) is 0. The molecule has 0 aromatic carbocycles. The Hall–Kier alpha value is -1.06. The number of nitrogens with zero attached hydrogens (tertiary/aromatic N) is 2. The molecule has 2 unspecified atom stereocenters. The third-order valence-electron chi connectivity index (χ3n) is 3.39. The number of rotatable bonds is 1. The van der Waals surface area contributed by atoms with Gasteiger partial charge in [-0.1, -0.05) is 6.92 Å². The first-order valence-electron chi connectivity index (χ1n) is 5.67. The average molecular weight is 210 g/mol. The van der Waals surface area contributed by atoms with E-state index >= 15 is 0 Å². The van der Waals surface area contributed by atoms with Gasteiger partial charge in [-0.25, -0.2) is 4.79 Å². The van der Waals surface area contributed by atoms with E-state index in [0.29, 0.717) is 5.92 Å². The van der Waals surface area contributed by atoms with Crippen LogP contribution in [0.3, 0.4) is 0 Å². The maximum absolute atomic E-state index is 12.1. The van der Waals surface area contributed by atoms with E-state index in [0.717, 1.165) is 19.4 Å². The summed E-state index contributed by atoms with van der Waals surface area (Å²) in [6.45, 7) is 6.58. The van der Waals surface area contributed by atoms with E-state index in [1.807, 2.05) is 13.8 Å². The highest BCUT2D eigenvalue weighted by molar-refractivity contribution is 6.04. The fourth-order valence-electron chi connectivity index (χ4n) is 2.63. The van der Waals surface area contributed by atoms with Gasteiger partial charge in [0, 0.05) is 12.6 Å². The van der Waals surface area contributed by atoms with Gasteiger partial charge in [0.25, 0.3) is 5.91 Å². The maximum Gasteiger partial charge on any atom is 0.327 e. The molecule has 2 heterocycles. The molecule has 4 nitrogen and oxygen atoms in total. The molecule has 0 spiro atoms. The lowest BCUT2D eigenvalue weighted by molar-refractivity contribution is -0.131. The lowest BCUT2D eigenvalue weighted by Crippen LogP contribution is -2.44. The molecule has 0 N–H and O–H groups in total. The first-order valence-corrected chi connectivity index (χ1v) is 5.67. The summed E-state index contributed by atoms with van der Waals surface area (Å²) in [6, 6.07) is -0.303. The Morgan fingerprint density at radius 1 is 1.33 bits per heavy atom. The second-order valence-electron chi connectivity index (χ2n) is 4.84. The summed E-state index contributed by atoms with van der Waals surface area (Å²) >= 11 is 0. The molecule has 3 amide bonds. The fourth-order valence-corrected chi connectivity index (χ4v) is 2.63. The van der Waals surface area contributed by atoms with Gasteiger partial charge in [0.05, 0.1) is 0 Å². The van der Waals surface area contributed by atoms with E-state index in [2.05, 4.69) is 6.92 Å². The minimum atomic E-state index is -0.186. The molecule has 2 fully saturated rings. The van der Waals surface area contributed by atoms with Crippen molar-refractivity contribution in [3.63, 3.8) is 0 Å². The number of piperidine rings is 1. The second kappa shape index (κ2) is 3.51. The Balaban J connectivity index is 2.29. The van der Waals surface area contributed by atoms with Crippen LogP contribution in [0.1, 0.15) is 33.6 Å². The van der Waals surface area contributed by atoms with Gasteiger partial charge in [-0.3, -0.25) is 9.69 Å². The Labute approximate surface area is 90.2 Å². The second-order valence-corrected chi connectivity index (χ2v) is 4.84. The first kappa shape index (κ1) is 10.5. The van der Waals surface area contributed by atoms with Crippen molar-refractivity contribution < 1.29 is 9.59 Å². The van der Waals surface area contributed by atoms with Gasteiger partial charge in [0.15, 0.2) is 0 Å². The zero-order chi connectivity index (χ0) is 11.2. The van der Waals surface area contributed by atoms with Gasteiger partial charge in [0.1, 0.15) is 6.04 Å². The molecular formula is C11H18N2O2. The zero-order valence-corrected chi connectivity index (χ0v) is 9.56. The molecule has 4 heteroatoms. The number of hydrogen-bond acceptors (Lipinski definition) is 2. The largest absolute Gasteiger partial charge is 0.327 e. The minimum Gasteiger partial charge on any atom is -0.312 e. The van der Waals surface area contributed by atoms with Crippen LogP contribution in [0.5, 0.6) is 0 Å². The van der Waals surface area contributed by atoms with Crippen molar-refractivity contribution in [2.75, 3.05) is 6.54 Å². The summed E-state index contributed by atoms with van der Waals surface area (Å²) in [4.78, 5) is 27.2. The molecule has 2 aliphatic heterocycles. The molecule has 2 aliphatic rings. The van der Waals surface area contributed by atoms with Crippen molar-refractivity contribution in [1.82, 2.24) is 9.80 Å². The normalized spacial score (nSPS) is 31.5. The van der Waals surface area contributed by atoms with Crippen molar-refractivity contribution in [2.45, 2.75) is 45.7 Å². The van der Waals surface area contributed by atoms with E-state index < -0.39 is 0 Å². The topological polar surface area (TPSA) is 40.6 Å². The van der Waals surface area contributed by atoms with E-state index in [1.165, 1.54) is 4.90 Å². The molecule has 0 bridgehead atoms. The lowest BCUT2D eigenvalue weighted by atomic mass is 9.91. The van der Waals surface area contributed by atoms with Crippen molar-refractivity contribution in [3.8, 4) is 0 Å². The highest BCUT2D eigenvalue weighted by Gasteiger charge is 2.49. The third kappa shape index (κ3) is 1.43. The van der Waals surface area contributed by atoms with Crippen molar-refractivity contribution >= 4 is 11.9 Å². The van der Waals surface area contributed by atoms with Crippen LogP contribution in [-0.4, -0.2) is 40.4 Å². The summed E-state index contributed by atoms with van der Waals surface area (Å²) in [5, 5.41) is 0. The van der Waals surface area contributed by atoms with E-state index in [9.17, 15) is 9.59 Å². The van der Waals surface area contributed by atoms with Crippen LogP contribution in [-0.2, 0) is 4.79 Å². The van der Waals surface area contributed by atoms with Gasteiger partial charge in [-0.05, 0) is 32.6 Å². The van der Waals surface area contributed by atoms with E-state index in [-0.39, 0.29) is 24.0 Å². The van der Waals surface area contributed by atoms with Gasteiger partial charge >= 0.3 is 6.03 Å². The standard InChI is InChI=1S/C11H18N2O2/c1-7(2)13-10(14)9-8(3)5-4-6-12(9)11(13)15/h7-9H,4-6H2,1-3H3. The quantitative estimate of drug-likeness (QED) is 0.615. The molecule has 2 rings (SSSR count). The van der Waals surface area contributed by atoms with Crippen LogP contribution in [0.4, 0.5) is 4.79 Å². The predicted molar refractivity (Wildman–Crippen MR) is 56.3 cm³/mol. The molecular weight excluding hydrogens is 192 g/mol. The monoisotopic (exact) mass is 210 g/mol. The Morgan fingerprint density at radius 3 is 2.53 bits per heavy atom. The highest BCUT2D eigenvalue weighted by Crippen LogP contribution is 2.31. The summed E-state index contributed by atoms with van der Waals surface area (Å²) in [6.07, 6.45) is 2.06. The highest BCUT2D eigenvalue weighted by atomic mass is 16.2. The third-order valence-corrected chi connectivity index (χ3v) is 3.39. The zero-order valence-electron chi connectivity index (χ0n) is 9.56. The summed E-state index contributed by atoms with van der Waals surface area (Å²) in [5.41, 5.74) is 0. The molecule has 0 aromatic heterocycles. The Bertz CT molecular complexity index is 301. The first-order chi connectivity index (χ1) is 7.04. The van der Waals surface area contributed by atoms with Gasteiger partial charge in [0.2, 0.25) is 0 Å². The number of amides is 3.